The van der Waals surface area contributed by atoms with E-state index in [0.717, 1.165) is 11.4 Å². The number of carbonyl (C=O) groups is 1. The molecule has 0 aliphatic carbocycles. The first-order valence-corrected chi connectivity index (χ1v) is 5.39. The van der Waals surface area contributed by atoms with Gasteiger partial charge in [-0.15, -0.1) is 0 Å². The van der Waals surface area contributed by atoms with Crippen LogP contribution in [0.25, 0.3) is 0 Å². The SMILES string of the molecule is CCOC(=O)CNc1ccccc1OCC. The van der Waals surface area contributed by atoms with Gasteiger partial charge in [0, 0.05) is 0 Å². The van der Waals surface area contributed by atoms with Gasteiger partial charge in [0.1, 0.15) is 12.3 Å². The van der Waals surface area contributed by atoms with E-state index in [1.165, 1.54) is 0 Å². The third-order valence-corrected chi connectivity index (χ3v) is 1.92. The second-order valence-corrected chi connectivity index (χ2v) is 3.09. The van der Waals surface area contributed by atoms with Gasteiger partial charge in [-0.2, -0.15) is 0 Å². The number of anilines is 1. The molecule has 0 aliphatic rings. The van der Waals surface area contributed by atoms with Gasteiger partial charge in [-0.1, -0.05) is 12.1 Å². The van der Waals surface area contributed by atoms with E-state index in [2.05, 4.69) is 5.32 Å². The van der Waals surface area contributed by atoms with Crippen LogP contribution in [0, 0.1) is 0 Å². The van der Waals surface area contributed by atoms with E-state index in [9.17, 15) is 4.79 Å². The minimum Gasteiger partial charge on any atom is -0.492 e. The molecule has 1 N–H and O–H groups in total. The molecule has 16 heavy (non-hydrogen) atoms. The zero-order chi connectivity index (χ0) is 11.8. The third kappa shape index (κ3) is 3.81. The van der Waals surface area contributed by atoms with Crippen LogP contribution in [0.4, 0.5) is 5.69 Å². The Kier molecular flexibility index (Phi) is 5.19. The number of hydrogen-bond acceptors (Lipinski definition) is 4. The van der Waals surface area contributed by atoms with Gasteiger partial charge < -0.3 is 14.8 Å². The Balaban J connectivity index is 2.55. The summed E-state index contributed by atoms with van der Waals surface area (Å²) in [6.07, 6.45) is 0. The fourth-order valence-electron chi connectivity index (χ4n) is 1.27. The molecule has 4 heteroatoms. The highest BCUT2D eigenvalue weighted by atomic mass is 16.5. The van der Waals surface area contributed by atoms with Crippen molar-refractivity contribution in [1.82, 2.24) is 0 Å². The molecule has 0 saturated heterocycles. The minimum atomic E-state index is -0.270. The van der Waals surface area contributed by atoms with Gasteiger partial charge >= 0.3 is 5.97 Å². The maximum absolute atomic E-state index is 11.2. The quantitative estimate of drug-likeness (QED) is 0.750. The predicted octanol–water partition coefficient (Wildman–Crippen LogP) is 2.06. The topological polar surface area (TPSA) is 47.6 Å². The van der Waals surface area contributed by atoms with Crippen LogP contribution in [0.3, 0.4) is 0 Å². The molecule has 0 saturated carbocycles. The largest absolute Gasteiger partial charge is 0.492 e. The summed E-state index contributed by atoms with van der Waals surface area (Å²) < 4.78 is 10.2. The Morgan fingerprint density at radius 1 is 1.25 bits per heavy atom. The lowest BCUT2D eigenvalue weighted by atomic mass is 10.3. The average molecular weight is 223 g/mol. The van der Waals surface area contributed by atoms with Crippen molar-refractivity contribution in [2.45, 2.75) is 13.8 Å². The number of esters is 1. The highest BCUT2D eigenvalue weighted by Gasteiger charge is 2.05. The van der Waals surface area contributed by atoms with E-state index in [-0.39, 0.29) is 12.5 Å². The van der Waals surface area contributed by atoms with Crippen molar-refractivity contribution in [3.8, 4) is 5.75 Å². The molecule has 0 heterocycles. The molecular weight excluding hydrogens is 206 g/mol. The number of nitrogens with one attached hydrogen (secondary N) is 1. The van der Waals surface area contributed by atoms with Crippen LogP contribution in [0.15, 0.2) is 24.3 Å². The summed E-state index contributed by atoms with van der Waals surface area (Å²) in [4.78, 5) is 11.2. The molecule has 0 amide bonds. The van der Waals surface area contributed by atoms with Gasteiger partial charge in [-0.25, -0.2) is 0 Å². The first-order valence-electron chi connectivity index (χ1n) is 5.39. The summed E-state index contributed by atoms with van der Waals surface area (Å²) in [6.45, 7) is 4.85. The first-order chi connectivity index (χ1) is 7.77. The lowest BCUT2D eigenvalue weighted by molar-refractivity contribution is -0.140. The van der Waals surface area contributed by atoms with Crippen LogP contribution in [-0.4, -0.2) is 25.7 Å². The predicted molar refractivity (Wildman–Crippen MR) is 62.7 cm³/mol. The zero-order valence-corrected chi connectivity index (χ0v) is 9.66. The molecule has 1 aromatic rings. The Hall–Kier alpha value is -1.71. The Bertz CT molecular complexity index is 339. The maximum atomic E-state index is 11.2. The molecule has 1 aromatic carbocycles. The lowest BCUT2D eigenvalue weighted by Gasteiger charge is -2.11. The average Bonchev–Trinajstić information content (AvgIpc) is 2.29. The molecule has 0 aliphatic heterocycles. The van der Waals surface area contributed by atoms with Gasteiger partial charge in [0.05, 0.1) is 18.9 Å². The van der Waals surface area contributed by atoms with Crippen LogP contribution in [0.5, 0.6) is 5.75 Å². The summed E-state index contributed by atoms with van der Waals surface area (Å²) in [7, 11) is 0. The second-order valence-electron chi connectivity index (χ2n) is 3.09. The van der Waals surface area contributed by atoms with E-state index < -0.39 is 0 Å². The van der Waals surface area contributed by atoms with Crippen molar-refractivity contribution in [2.24, 2.45) is 0 Å². The van der Waals surface area contributed by atoms with Crippen molar-refractivity contribution < 1.29 is 14.3 Å². The monoisotopic (exact) mass is 223 g/mol. The van der Waals surface area contributed by atoms with E-state index in [1.54, 1.807) is 6.92 Å². The molecule has 4 nitrogen and oxygen atoms in total. The minimum absolute atomic E-state index is 0.151. The molecule has 0 bridgehead atoms. The molecule has 0 fully saturated rings. The standard InChI is InChI=1S/C12H17NO3/c1-3-15-11-8-6-5-7-10(11)13-9-12(14)16-4-2/h5-8,13H,3-4,9H2,1-2H3. The zero-order valence-electron chi connectivity index (χ0n) is 9.66. The number of benzene rings is 1. The van der Waals surface area contributed by atoms with Gasteiger partial charge in [0.25, 0.3) is 0 Å². The van der Waals surface area contributed by atoms with Crippen molar-refractivity contribution >= 4 is 11.7 Å². The molecule has 0 atom stereocenters. The Labute approximate surface area is 95.6 Å². The van der Waals surface area contributed by atoms with Crippen molar-refractivity contribution in [1.29, 1.82) is 0 Å². The second kappa shape index (κ2) is 6.71. The molecular formula is C12H17NO3. The van der Waals surface area contributed by atoms with Crippen molar-refractivity contribution in [2.75, 3.05) is 25.1 Å². The van der Waals surface area contributed by atoms with Gasteiger partial charge in [0.2, 0.25) is 0 Å². The van der Waals surface area contributed by atoms with Crippen LogP contribution in [0.1, 0.15) is 13.8 Å². The number of para-hydroxylation sites is 2. The molecule has 0 radical (unpaired) electrons. The van der Waals surface area contributed by atoms with Crippen molar-refractivity contribution in [3.05, 3.63) is 24.3 Å². The van der Waals surface area contributed by atoms with Crippen LogP contribution in [-0.2, 0) is 9.53 Å². The molecule has 0 aromatic heterocycles. The van der Waals surface area contributed by atoms with Gasteiger partial charge in [0.15, 0.2) is 0 Å². The van der Waals surface area contributed by atoms with E-state index in [0.29, 0.717) is 13.2 Å². The van der Waals surface area contributed by atoms with Gasteiger partial charge in [-0.3, -0.25) is 4.79 Å². The summed E-state index contributed by atoms with van der Waals surface area (Å²) in [5, 5.41) is 2.98. The fraction of sp³-hybridized carbons (Fsp3) is 0.417. The Morgan fingerprint density at radius 3 is 2.69 bits per heavy atom. The number of hydrogen-bond donors (Lipinski definition) is 1. The normalized spacial score (nSPS) is 9.62. The fourth-order valence-corrected chi connectivity index (χ4v) is 1.27. The van der Waals surface area contributed by atoms with E-state index in [1.807, 2.05) is 31.2 Å². The van der Waals surface area contributed by atoms with E-state index in [4.69, 9.17) is 9.47 Å². The molecule has 1 rings (SSSR count). The first kappa shape index (κ1) is 12.4. The lowest BCUT2D eigenvalue weighted by Crippen LogP contribution is -2.17. The highest BCUT2D eigenvalue weighted by molar-refractivity contribution is 5.75. The summed E-state index contributed by atoms with van der Waals surface area (Å²) >= 11 is 0. The molecule has 88 valence electrons. The van der Waals surface area contributed by atoms with Crippen LogP contribution >= 0.6 is 0 Å². The van der Waals surface area contributed by atoms with Crippen LogP contribution in [0.2, 0.25) is 0 Å². The number of rotatable bonds is 6. The number of ether oxygens (including phenoxy) is 2. The maximum Gasteiger partial charge on any atom is 0.325 e. The molecule has 0 spiro atoms. The van der Waals surface area contributed by atoms with E-state index >= 15 is 0 Å². The summed E-state index contributed by atoms with van der Waals surface area (Å²) in [6, 6.07) is 7.50. The van der Waals surface area contributed by atoms with Gasteiger partial charge in [-0.05, 0) is 26.0 Å². The Morgan fingerprint density at radius 2 is 2.00 bits per heavy atom. The smallest absolute Gasteiger partial charge is 0.325 e. The van der Waals surface area contributed by atoms with Crippen molar-refractivity contribution in [3.63, 3.8) is 0 Å². The molecule has 0 unspecified atom stereocenters. The summed E-state index contributed by atoms with van der Waals surface area (Å²) in [5.41, 5.74) is 0.803. The summed E-state index contributed by atoms with van der Waals surface area (Å²) in [5.74, 6) is 0.475. The third-order valence-electron chi connectivity index (χ3n) is 1.92. The van der Waals surface area contributed by atoms with Crippen LogP contribution < -0.4 is 10.1 Å². The highest BCUT2D eigenvalue weighted by Crippen LogP contribution is 2.23. The number of carbonyl (C=O) groups excluding carboxylic acids is 1.